The Morgan fingerprint density at radius 2 is 1.39 bits per heavy atom. The van der Waals surface area contributed by atoms with Crippen molar-refractivity contribution in [2.24, 2.45) is 0 Å². The van der Waals surface area contributed by atoms with Crippen molar-refractivity contribution in [2.45, 2.75) is 33.1 Å². The van der Waals surface area contributed by atoms with Crippen molar-refractivity contribution in [3.8, 4) is 0 Å². The maximum absolute atomic E-state index is 11.1. The van der Waals surface area contributed by atoms with Crippen LogP contribution in [0, 0.1) is 27.2 Å². The molecule has 0 bridgehead atoms. The van der Waals surface area contributed by atoms with Crippen molar-refractivity contribution in [1.29, 1.82) is 0 Å². The normalized spacial score (nSPS) is 10.5. The van der Waals surface area contributed by atoms with Gasteiger partial charge in [0.25, 0.3) is 11.4 Å². The second-order valence-corrected chi connectivity index (χ2v) is 5.45. The first-order chi connectivity index (χ1) is 10.9. The molecule has 2 rings (SSSR count). The molecular formula is C17H18N2O4. The monoisotopic (exact) mass is 314 g/mol. The largest absolute Gasteiger partial charge is 0.272 e. The van der Waals surface area contributed by atoms with E-state index in [4.69, 9.17) is 0 Å². The van der Waals surface area contributed by atoms with Gasteiger partial charge in [-0.2, -0.15) is 0 Å². The first-order valence-electron chi connectivity index (χ1n) is 7.42. The summed E-state index contributed by atoms with van der Waals surface area (Å²) in [5.41, 5.74) is 3.29. The van der Waals surface area contributed by atoms with Gasteiger partial charge in [0, 0.05) is 23.3 Å². The molecule has 0 N–H and O–H groups in total. The second-order valence-electron chi connectivity index (χ2n) is 5.45. The predicted octanol–water partition coefficient (Wildman–Crippen LogP) is 4.16. The minimum absolute atomic E-state index is 0.106. The third-order valence-corrected chi connectivity index (χ3v) is 3.90. The van der Waals surface area contributed by atoms with Crippen LogP contribution in [-0.4, -0.2) is 9.85 Å². The van der Waals surface area contributed by atoms with E-state index >= 15 is 0 Å². The average molecular weight is 314 g/mol. The van der Waals surface area contributed by atoms with Crippen LogP contribution in [0.15, 0.2) is 36.4 Å². The molecule has 0 aliphatic heterocycles. The second kappa shape index (κ2) is 7.00. The Morgan fingerprint density at radius 3 is 1.91 bits per heavy atom. The quantitative estimate of drug-likeness (QED) is 0.591. The van der Waals surface area contributed by atoms with Crippen molar-refractivity contribution in [3.05, 3.63) is 78.9 Å². The minimum Gasteiger partial charge on any atom is -0.258 e. The summed E-state index contributed by atoms with van der Waals surface area (Å²) < 4.78 is 0. The molecule has 0 aliphatic rings. The van der Waals surface area contributed by atoms with E-state index in [1.54, 1.807) is 31.2 Å². The lowest BCUT2D eigenvalue weighted by Gasteiger charge is -2.06. The van der Waals surface area contributed by atoms with Crippen LogP contribution in [0.25, 0.3) is 0 Å². The summed E-state index contributed by atoms with van der Waals surface area (Å²) >= 11 is 0. The highest BCUT2D eigenvalue weighted by molar-refractivity contribution is 5.45. The SMILES string of the molecule is CCc1ccc(CCc2ccc(C)c([N+](=O)[O-])c2)cc1[N+](=O)[O-]. The Bertz CT molecular complexity index is 756. The van der Waals surface area contributed by atoms with Gasteiger partial charge in [-0.05, 0) is 37.3 Å². The number of rotatable bonds is 6. The fraction of sp³-hybridized carbons (Fsp3) is 0.294. The van der Waals surface area contributed by atoms with E-state index in [0.717, 1.165) is 11.1 Å². The maximum Gasteiger partial charge on any atom is 0.272 e. The van der Waals surface area contributed by atoms with Crippen molar-refractivity contribution in [2.75, 3.05) is 0 Å². The highest BCUT2D eigenvalue weighted by Gasteiger charge is 2.14. The van der Waals surface area contributed by atoms with Gasteiger partial charge in [0.2, 0.25) is 0 Å². The van der Waals surface area contributed by atoms with Crippen LogP contribution in [0.4, 0.5) is 11.4 Å². The van der Waals surface area contributed by atoms with Crippen LogP contribution >= 0.6 is 0 Å². The van der Waals surface area contributed by atoms with Gasteiger partial charge >= 0.3 is 0 Å². The Balaban J connectivity index is 2.18. The van der Waals surface area contributed by atoms with Crippen LogP contribution < -0.4 is 0 Å². The molecule has 0 aliphatic carbocycles. The van der Waals surface area contributed by atoms with E-state index in [1.165, 1.54) is 0 Å². The lowest BCUT2D eigenvalue weighted by atomic mass is 10.00. The molecule has 0 saturated carbocycles. The van der Waals surface area contributed by atoms with E-state index in [9.17, 15) is 20.2 Å². The van der Waals surface area contributed by atoms with Gasteiger partial charge in [-0.25, -0.2) is 0 Å². The van der Waals surface area contributed by atoms with Gasteiger partial charge in [0.15, 0.2) is 0 Å². The van der Waals surface area contributed by atoms with Crippen LogP contribution in [0.2, 0.25) is 0 Å². The first kappa shape index (κ1) is 16.6. The topological polar surface area (TPSA) is 86.3 Å². The third-order valence-electron chi connectivity index (χ3n) is 3.90. The van der Waals surface area contributed by atoms with Crippen LogP contribution in [0.5, 0.6) is 0 Å². The summed E-state index contributed by atoms with van der Waals surface area (Å²) in [6.45, 7) is 3.59. The summed E-state index contributed by atoms with van der Waals surface area (Å²) in [6.07, 6.45) is 1.82. The van der Waals surface area contributed by atoms with Crippen LogP contribution in [-0.2, 0) is 19.3 Å². The Labute approximate surface area is 134 Å². The molecule has 0 fully saturated rings. The maximum atomic E-state index is 11.1. The molecule has 23 heavy (non-hydrogen) atoms. The molecule has 0 spiro atoms. The standard InChI is InChI=1S/C17H18N2O4/c1-3-15-9-8-14(11-17(15)19(22)23)7-6-13-5-4-12(2)16(10-13)18(20)21/h4-5,8-11H,3,6-7H2,1-2H3. The van der Waals surface area contributed by atoms with Gasteiger partial charge in [-0.1, -0.05) is 31.2 Å². The zero-order valence-electron chi connectivity index (χ0n) is 13.1. The van der Waals surface area contributed by atoms with E-state index in [0.29, 0.717) is 30.4 Å². The van der Waals surface area contributed by atoms with Gasteiger partial charge < -0.3 is 0 Å². The van der Waals surface area contributed by atoms with E-state index in [1.807, 2.05) is 19.1 Å². The number of nitro benzene ring substituents is 2. The van der Waals surface area contributed by atoms with Crippen molar-refractivity contribution >= 4 is 11.4 Å². The summed E-state index contributed by atoms with van der Waals surface area (Å²) in [5.74, 6) is 0. The van der Waals surface area contributed by atoms with E-state index < -0.39 is 0 Å². The highest BCUT2D eigenvalue weighted by Crippen LogP contribution is 2.23. The van der Waals surface area contributed by atoms with Gasteiger partial charge in [-0.15, -0.1) is 0 Å². The molecule has 0 radical (unpaired) electrons. The summed E-state index contributed by atoms with van der Waals surface area (Å²) in [4.78, 5) is 21.3. The smallest absolute Gasteiger partial charge is 0.258 e. The zero-order valence-corrected chi connectivity index (χ0v) is 13.1. The Hall–Kier alpha value is -2.76. The molecule has 2 aromatic carbocycles. The fourth-order valence-electron chi connectivity index (χ4n) is 2.53. The number of nitro groups is 2. The lowest BCUT2D eigenvalue weighted by Crippen LogP contribution is -1.99. The number of hydrogen-bond acceptors (Lipinski definition) is 4. The average Bonchev–Trinajstić information content (AvgIpc) is 2.53. The van der Waals surface area contributed by atoms with Crippen LogP contribution in [0.1, 0.15) is 29.2 Å². The predicted molar refractivity (Wildman–Crippen MR) is 87.7 cm³/mol. The highest BCUT2D eigenvalue weighted by atomic mass is 16.6. The number of nitrogens with zero attached hydrogens (tertiary/aromatic N) is 2. The molecule has 0 saturated heterocycles. The van der Waals surface area contributed by atoms with Gasteiger partial charge in [-0.3, -0.25) is 20.2 Å². The van der Waals surface area contributed by atoms with Crippen molar-refractivity contribution < 1.29 is 9.85 Å². The zero-order chi connectivity index (χ0) is 17.0. The molecule has 0 atom stereocenters. The molecule has 120 valence electrons. The van der Waals surface area contributed by atoms with Crippen molar-refractivity contribution in [3.63, 3.8) is 0 Å². The minimum atomic E-state index is -0.389. The number of aryl methyl sites for hydroxylation is 4. The molecule has 0 amide bonds. The van der Waals surface area contributed by atoms with E-state index in [-0.39, 0.29) is 21.2 Å². The molecule has 6 heteroatoms. The van der Waals surface area contributed by atoms with Gasteiger partial charge in [0.1, 0.15) is 0 Å². The fourth-order valence-corrected chi connectivity index (χ4v) is 2.53. The Morgan fingerprint density at radius 1 is 0.870 bits per heavy atom. The molecule has 0 aromatic heterocycles. The first-order valence-corrected chi connectivity index (χ1v) is 7.42. The lowest BCUT2D eigenvalue weighted by molar-refractivity contribution is -0.385. The number of benzene rings is 2. The molecule has 0 unspecified atom stereocenters. The van der Waals surface area contributed by atoms with Crippen LogP contribution in [0.3, 0.4) is 0 Å². The molecule has 6 nitrogen and oxygen atoms in total. The third kappa shape index (κ3) is 3.91. The van der Waals surface area contributed by atoms with Gasteiger partial charge in [0.05, 0.1) is 9.85 Å². The molecule has 0 heterocycles. The number of hydrogen-bond donors (Lipinski definition) is 0. The molecule has 2 aromatic rings. The van der Waals surface area contributed by atoms with Crippen molar-refractivity contribution in [1.82, 2.24) is 0 Å². The Kier molecular flexibility index (Phi) is 5.05. The molecular weight excluding hydrogens is 296 g/mol. The summed E-state index contributed by atoms with van der Waals surface area (Å²) in [5, 5.41) is 22.1. The van der Waals surface area contributed by atoms with E-state index in [2.05, 4.69) is 0 Å². The summed E-state index contributed by atoms with van der Waals surface area (Å²) in [6, 6.07) is 10.4. The summed E-state index contributed by atoms with van der Waals surface area (Å²) in [7, 11) is 0.